The molecule has 1 aliphatic heterocycles. The molecule has 38 heavy (non-hydrogen) atoms. The van der Waals surface area contributed by atoms with Gasteiger partial charge in [0, 0.05) is 24.2 Å². The second-order valence-corrected chi connectivity index (χ2v) is 8.69. The van der Waals surface area contributed by atoms with E-state index in [1.165, 1.54) is 38.1 Å². The van der Waals surface area contributed by atoms with Crippen molar-refractivity contribution in [2.45, 2.75) is 63.8 Å². The Balaban J connectivity index is 1.98. The zero-order valence-corrected chi connectivity index (χ0v) is 20.8. The van der Waals surface area contributed by atoms with Crippen molar-refractivity contribution in [3.8, 4) is 0 Å². The van der Waals surface area contributed by atoms with Crippen LogP contribution in [0.2, 0.25) is 0 Å². The van der Waals surface area contributed by atoms with Crippen molar-refractivity contribution in [3.05, 3.63) is 35.4 Å². The van der Waals surface area contributed by atoms with Crippen LogP contribution in [0.5, 0.6) is 0 Å². The van der Waals surface area contributed by atoms with Crippen molar-refractivity contribution < 1.29 is 47.0 Å². The molecule has 1 saturated heterocycles. The third-order valence-corrected chi connectivity index (χ3v) is 5.91. The fourth-order valence-electron chi connectivity index (χ4n) is 3.87. The number of carboxylic acids is 1. The molecule has 0 aliphatic carbocycles. The van der Waals surface area contributed by atoms with Crippen molar-refractivity contribution in [2.24, 2.45) is 0 Å². The van der Waals surface area contributed by atoms with E-state index in [1.54, 1.807) is 0 Å². The molecule has 4 N–H and O–H groups in total. The Hall–Kier alpha value is -3.97. The van der Waals surface area contributed by atoms with E-state index >= 15 is 0 Å². The Morgan fingerprint density at radius 1 is 1.03 bits per heavy atom. The van der Waals surface area contributed by atoms with E-state index in [0.29, 0.717) is 6.42 Å². The lowest BCUT2D eigenvalue weighted by molar-refractivity contribution is -0.174. The molecular weight excluding hydrogens is 513 g/mol. The standard InChI is InChI=1S/C24H29F3N4O7/c1-3-16(19(34)24(25,26)27)30-22(37)17-5-4-12-31(17)23(38)13(2)29-21(36)15-8-6-14(7-9-15)20(35)28-11-10-18(32)33/h6-9,13,16-17H,3-5,10-12H2,1-2H3,(H,28,35)(H,29,36)(H,30,37)(H,32,33)/t13?,16?,17-/m0/s1. The summed E-state index contributed by atoms with van der Waals surface area (Å²) in [5.74, 6) is -5.82. The quantitative estimate of drug-likeness (QED) is 0.325. The molecule has 14 heteroatoms. The zero-order chi connectivity index (χ0) is 28.6. The lowest BCUT2D eigenvalue weighted by atomic mass is 10.1. The van der Waals surface area contributed by atoms with Crippen LogP contribution in [0.1, 0.15) is 60.2 Å². The Morgan fingerprint density at radius 2 is 1.61 bits per heavy atom. The fraction of sp³-hybridized carbons (Fsp3) is 0.500. The van der Waals surface area contributed by atoms with Gasteiger partial charge >= 0.3 is 12.1 Å². The summed E-state index contributed by atoms with van der Waals surface area (Å²) in [4.78, 5) is 73.4. The van der Waals surface area contributed by atoms with E-state index in [4.69, 9.17) is 5.11 Å². The number of rotatable bonds is 11. The molecule has 1 aromatic rings. The maximum atomic E-state index is 13.0. The van der Waals surface area contributed by atoms with Gasteiger partial charge in [-0.3, -0.25) is 28.8 Å². The minimum absolute atomic E-state index is 0.0662. The number of aliphatic carboxylic acids is 1. The number of alkyl halides is 3. The Kier molecular flexibility index (Phi) is 10.4. The van der Waals surface area contributed by atoms with Crippen LogP contribution in [0.3, 0.4) is 0 Å². The average molecular weight is 543 g/mol. The van der Waals surface area contributed by atoms with Gasteiger partial charge in [0.05, 0.1) is 12.5 Å². The molecule has 208 valence electrons. The summed E-state index contributed by atoms with van der Waals surface area (Å²) >= 11 is 0. The summed E-state index contributed by atoms with van der Waals surface area (Å²) in [5.41, 5.74) is 0.315. The molecule has 3 atom stereocenters. The maximum absolute atomic E-state index is 13.0. The molecular formula is C24H29F3N4O7. The highest BCUT2D eigenvalue weighted by Crippen LogP contribution is 2.22. The first-order valence-electron chi connectivity index (χ1n) is 11.9. The van der Waals surface area contributed by atoms with Crippen molar-refractivity contribution >= 4 is 35.4 Å². The number of carbonyl (C=O) groups excluding carboxylic acids is 5. The van der Waals surface area contributed by atoms with Gasteiger partial charge in [0.2, 0.25) is 11.8 Å². The lowest BCUT2D eigenvalue weighted by Crippen LogP contribution is -2.55. The average Bonchev–Trinajstić information content (AvgIpc) is 3.35. The summed E-state index contributed by atoms with van der Waals surface area (Å²) in [6.07, 6.45) is -5.04. The number of amides is 4. The van der Waals surface area contributed by atoms with Gasteiger partial charge in [-0.15, -0.1) is 0 Å². The number of halogens is 3. The molecule has 0 bridgehead atoms. The van der Waals surface area contributed by atoms with Crippen LogP contribution in [0.15, 0.2) is 24.3 Å². The first-order valence-corrected chi connectivity index (χ1v) is 11.9. The Bertz CT molecular complexity index is 1080. The molecule has 1 heterocycles. The number of likely N-dealkylation sites (tertiary alicyclic amines) is 1. The number of carboxylic acid groups (broad SMARTS) is 1. The predicted molar refractivity (Wildman–Crippen MR) is 126 cm³/mol. The Morgan fingerprint density at radius 3 is 2.13 bits per heavy atom. The number of nitrogens with zero attached hydrogens (tertiary/aromatic N) is 1. The van der Waals surface area contributed by atoms with Crippen molar-refractivity contribution in [1.29, 1.82) is 0 Å². The molecule has 4 amide bonds. The smallest absolute Gasteiger partial charge is 0.452 e. The van der Waals surface area contributed by atoms with Crippen molar-refractivity contribution in [2.75, 3.05) is 13.1 Å². The highest BCUT2D eigenvalue weighted by atomic mass is 19.4. The molecule has 1 aromatic carbocycles. The summed E-state index contributed by atoms with van der Waals surface area (Å²) in [7, 11) is 0. The number of hydrogen-bond acceptors (Lipinski definition) is 6. The number of carbonyl (C=O) groups is 6. The van der Waals surface area contributed by atoms with Crippen LogP contribution in [0.4, 0.5) is 13.2 Å². The molecule has 0 radical (unpaired) electrons. The minimum Gasteiger partial charge on any atom is -0.481 e. The van der Waals surface area contributed by atoms with Crippen molar-refractivity contribution in [1.82, 2.24) is 20.9 Å². The molecule has 0 aromatic heterocycles. The van der Waals surface area contributed by atoms with Crippen molar-refractivity contribution in [3.63, 3.8) is 0 Å². The van der Waals surface area contributed by atoms with Gasteiger partial charge in [0.1, 0.15) is 12.1 Å². The summed E-state index contributed by atoms with van der Waals surface area (Å²) in [5, 5.41) is 15.6. The predicted octanol–water partition coefficient (Wildman–Crippen LogP) is 1.03. The first-order chi connectivity index (χ1) is 17.8. The fourth-order valence-corrected chi connectivity index (χ4v) is 3.87. The monoisotopic (exact) mass is 542 g/mol. The van der Waals surface area contributed by atoms with Crippen LogP contribution in [0, 0.1) is 0 Å². The highest BCUT2D eigenvalue weighted by Gasteiger charge is 2.44. The van der Waals surface area contributed by atoms with Crippen LogP contribution in [-0.4, -0.2) is 82.8 Å². The first kappa shape index (κ1) is 30.3. The number of hydrogen-bond donors (Lipinski definition) is 4. The second kappa shape index (κ2) is 13.0. The molecule has 1 fully saturated rings. The van der Waals surface area contributed by atoms with Crippen LogP contribution in [-0.2, 0) is 19.2 Å². The number of nitrogens with one attached hydrogen (secondary N) is 3. The third kappa shape index (κ3) is 8.02. The van der Waals surface area contributed by atoms with E-state index < -0.39 is 59.7 Å². The van der Waals surface area contributed by atoms with Crippen LogP contribution < -0.4 is 16.0 Å². The van der Waals surface area contributed by atoms with E-state index in [1.807, 2.05) is 0 Å². The molecule has 1 aliphatic rings. The second-order valence-electron chi connectivity index (χ2n) is 8.69. The normalized spacial score (nSPS) is 16.8. The van der Waals surface area contributed by atoms with Crippen LogP contribution in [0.25, 0.3) is 0 Å². The molecule has 11 nitrogen and oxygen atoms in total. The third-order valence-electron chi connectivity index (χ3n) is 5.91. The van der Waals surface area contributed by atoms with E-state index in [0.717, 1.165) is 4.90 Å². The Labute approximate surface area is 216 Å². The number of ketones is 1. The van der Waals surface area contributed by atoms with Gasteiger partial charge in [-0.1, -0.05) is 6.92 Å². The van der Waals surface area contributed by atoms with Gasteiger partial charge in [0.25, 0.3) is 17.6 Å². The molecule has 2 rings (SSSR count). The SMILES string of the molecule is CCC(NC(=O)[C@@H]1CCCN1C(=O)C(C)NC(=O)c1ccc(C(=O)NCCC(=O)O)cc1)C(=O)C(F)(F)F. The van der Waals surface area contributed by atoms with Gasteiger partial charge in [-0.2, -0.15) is 13.2 Å². The molecule has 0 saturated carbocycles. The van der Waals surface area contributed by atoms with E-state index in [-0.39, 0.29) is 43.5 Å². The van der Waals surface area contributed by atoms with Gasteiger partial charge in [-0.05, 0) is 50.5 Å². The van der Waals surface area contributed by atoms with Gasteiger partial charge in [-0.25, -0.2) is 0 Å². The number of benzene rings is 1. The highest BCUT2D eigenvalue weighted by molar-refractivity contribution is 6.00. The lowest BCUT2D eigenvalue weighted by Gasteiger charge is -2.28. The topological polar surface area (TPSA) is 162 Å². The molecule has 2 unspecified atom stereocenters. The van der Waals surface area contributed by atoms with E-state index in [2.05, 4.69) is 16.0 Å². The summed E-state index contributed by atoms with van der Waals surface area (Å²) < 4.78 is 38.3. The maximum Gasteiger partial charge on any atom is 0.452 e. The number of Topliss-reactive ketones (excluding diaryl/α,β-unsaturated/α-hetero) is 1. The zero-order valence-electron chi connectivity index (χ0n) is 20.8. The van der Waals surface area contributed by atoms with Gasteiger partial charge < -0.3 is 26.0 Å². The van der Waals surface area contributed by atoms with E-state index in [9.17, 15) is 41.9 Å². The minimum atomic E-state index is -5.11. The summed E-state index contributed by atoms with van der Waals surface area (Å²) in [6.45, 7) is 2.79. The molecule has 0 spiro atoms. The largest absolute Gasteiger partial charge is 0.481 e. The van der Waals surface area contributed by atoms with Gasteiger partial charge in [0.15, 0.2) is 0 Å². The summed E-state index contributed by atoms with van der Waals surface area (Å²) in [6, 6.07) is 1.44. The van der Waals surface area contributed by atoms with Crippen LogP contribution >= 0.6 is 0 Å².